The first-order chi connectivity index (χ1) is 20.0. The van der Waals surface area contributed by atoms with E-state index in [1.165, 1.54) is 0 Å². The van der Waals surface area contributed by atoms with E-state index in [-0.39, 0.29) is 23.5 Å². The monoisotopic (exact) mass is 577 g/mol. The Labute approximate surface area is 250 Å². The molecule has 0 aliphatic rings. The van der Waals surface area contributed by atoms with Crippen molar-refractivity contribution < 1.29 is 24.2 Å². The number of carbonyl (C=O) groups excluding carboxylic acids is 1. The SMILES string of the molecule is CCOC(OCC)c1ccc(CN(C(=O)NC(C)c2cccc3ccccc23)[C@@H](CCCNC(=O)O)C(C)(C)C)cc1. The summed E-state index contributed by atoms with van der Waals surface area (Å²) in [5.41, 5.74) is 2.71. The molecule has 0 aliphatic heterocycles. The van der Waals surface area contributed by atoms with Gasteiger partial charge in [-0.05, 0) is 60.9 Å². The van der Waals surface area contributed by atoms with Gasteiger partial charge in [0.15, 0.2) is 6.29 Å². The van der Waals surface area contributed by atoms with Crippen LogP contribution in [0, 0.1) is 5.41 Å². The van der Waals surface area contributed by atoms with Crippen LogP contribution in [0.4, 0.5) is 9.59 Å². The van der Waals surface area contributed by atoms with Crippen molar-refractivity contribution in [2.45, 2.75) is 79.3 Å². The highest BCUT2D eigenvalue weighted by Crippen LogP contribution is 2.31. The molecular formula is C34H47N3O5. The number of urea groups is 1. The highest BCUT2D eigenvalue weighted by Gasteiger charge is 2.34. The number of benzene rings is 3. The number of fused-ring (bicyclic) bond motifs is 1. The molecule has 3 rings (SSSR count). The largest absolute Gasteiger partial charge is 0.465 e. The van der Waals surface area contributed by atoms with Gasteiger partial charge in [0.05, 0.1) is 6.04 Å². The maximum Gasteiger partial charge on any atom is 0.404 e. The molecule has 3 aromatic rings. The molecule has 3 amide bonds. The molecule has 228 valence electrons. The number of rotatable bonds is 14. The molecule has 0 radical (unpaired) electrons. The van der Waals surface area contributed by atoms with E-state index >= 15 is 0 Å². The van der Waals surface area contributed by atoms with Crippen LogP contribution in [0.15, 0.2) is 66.7 Å². The van der Waals surface area contributed by atoms with Crippen LogP contribution in [0.5, 0.6) is 0 Å². The number of nitrogens with zero attached hydrogens (tertiary/aromatic N) is 1. The van der Waals surface area contributed by atoms with Gasteiger partial charge in [-0.2, -0.15) is 0 Å². The number of hydrogen-bond acceptors (Lipinski definition) is 4. The molecule has 0 heterocycles. The number of carboxylic acid groups (broad SMARTS) is 1. The van der Waals surface area contributed by atoms with Crippen LogP contribution in [-0.4, -0.2) is 47.9 Å². The summed E-state index contributed by atoms with van der Waals surface area (Å²) in [6, 6.07) is 21.8. The zero-order chi connectivity index (χ0) is 30.7. The second-order valence-electron chi connectivity index (χ2n) is 11.6. The van der Waals surface area contributed by atoms with Gasteiger partial charge in [-0.15, -0.1) is 0 Å². The Hall–Kier alpha value is -3.62. The minimum atomic E-state index is -1.04. The third-order valence-corrected chi connectivity index (χ3v) is 7.44. The fraction of sp³-hybridized carbons (Fsp3) is 0.471. The molecule has 0 aliphatic carbocycles. The van der Waals surface area contributed by atoms with Crippen LogP contribution in [0.25, 0.3) is 10.8 Å². The van der Waals surface area contributed by atoms with Crippen LogP contribution in [0.2, 0.25) is 0 Å². The topological polar surface area (TPSA) is 100 Å². The molecular weight excluding hydrogens is 530 g/mol. The number of carbonyl (C=O) groups is 2. The molecule has 0 aromatic heterocycles. The predicted octanol–water partition coefficient (Wildman–Crippen LogP) is 7.65. The molecule has 0 fully saturated rings. The third-order valence-electron chi connectivity index (χ3n) is 7.44. The second-order valence-corrected chi connectivity index (χ2v) is 11.6. The smallest absolute Gasteiger partial charge is 0.404 e. The Balaban J connectivity index is 1.89. The molecule has 1 unspecified atom stereocenters. The van der Waals surface area contributed by atoms with Gasteiger partial charge in [0.25, 0.3) is 0 Å². The Morgan fingerprint density at radius 2 is 1.57 bits per heavy atom. The number of hydrogen-bond donors (Lipinski definition) is 3. The molecule has 3 N–H and O–H groups in total. The summed E-state index contributed by atoms with van der Waals surface area (Å²) >= 11 is 0. The summed E-state index contributed by atoms with van der Waals surface area (Å²) < 4.78 is 11.5. The van der Waals surface area contributed by atoms with Crippen molar-refractivity contribution >= 4 is 22.9 Å². The van der Waals surface area contributed by atoms with Gasteiger partial charge in [-0.25, -0.2) is 9.59 Å². The van der Waals surface area contributed by atoms with Gasteiger partial charge < -0.3 is 30.1 Å². The summed E-state index contributed by atoms with van der Waals surface area (Å²) in [7, 11) is 0. The molecule has 0 saturated heterocycles. The summed E-state index contributed by atoms with van der Waals surface area (Å²) in [6.45, 7) is 14.1. The van der Waals surface area contributed by atoms with E-state index in [2.05, 4.69) is 55.7 Å². The first kappa shape index (κ1) is 32.9. The van der Waals surface area contributed by atoms with Gasteiger partial charge in [0.2, 0.25) is 0 Å². The normalized spacial score (nSPS) is 13.1. The highest BCUT2D eigenvalue weighted by atomic mass is 16.7. The molecule has 8 heteroatoms. The Bertz CT molecular complexity index is 1280. The van der Waals surface area contributed by atoms with Crippen molar-refractivity contribution in [1.82, 2.24) is 15.5 Å². The minimum absolute atomic E-state index is 0.146. The Morgan fingerprint density at radius 3 is 2.19 bits per heavy atom. The molecule has 2 atom stereocenters. The first-order valence-corrected chi connectivity index (χ1v) is 14.9. The van der Waals surface area contributed by atoms with Gasteiger partial charge in [0, 0.05) is 37.9 Å². The number of amides is 3. The summed E-state index contributed by atoms with van der Waals surface area (Å²) in [4.78, 5) is 27.0. The lowest BCUT2D eigenvalue weighted by atomic mass is 9.82. The standard InChI is InChI=1S/C34H47N3O5/c1-7-41-31(42-8-2)27-20-18-25(19-21-27)23-37(30(34(4,5)6)17-12-22-35-33(39)40)32(38)36-24(3)28-16-11-14-26-13-9-10-15-29(26)28/h9-11,13-16,18-21,24,30-31,35H,7-8,12,17,22-23H2,1-6H3,(H,36,38)(H,39,40)/t24?,30-/m0/s1. The van der Waals surface area contributed by atoms with Crippen LogP contribution < -0.4 is 10.6 Å². The quantitative estimate of drug-likeness (QED) is 0.135. The summed E-state index contributed by atoms with van der Waals surface area (Å²) in [5, 5.41) is 17.0. The predicted molar refractivity (Wildman–Crippen MR) is 167 cm³/mol. The molecule has 0 saturated carbocycles. The molecule has 8 nitrogen and oxygen atoms in total. The first-order valence-electron chi connectivity index (χ1n) is 14.9. The Kier molecular flexibility index (Phi) is 12.2. The number of ether oxygens (including phenoxy) is 2. The zero-order valence-electron chi connectivity index (χ0n) is 25.9. The fourth-order valence-electron chi connectivity index (χ4n) is 5.36. The van der Waals surface area contributed by atoms with E-state index in [0.29, 0.717) is 39.1 Å². The van der Waals surface area contributed by atoms with Crippen molar-refractivity contribution in [2.75, 3.05) is 19.8 Å². The lowest BCUT2D eigenvalue weighted by Gasteiger charge is -2.41. The average Bonchev–Trinajstić information content (AvgIpc) is 2.95. The molecule has 3 aromatic carbocycles. The van der Waals surface area contributed by atoms with Gasteiger partial charge >= 0.3 is 12.1 Å². The Morgan fingerprint density at radius 1 is 0.929 bits per heavy atom. The highest BCUT2D eigenvalue weighted by molar-refractivity contribution is 5.86. The molecule has 0 spiro atoms. The minimum Gasteiger partial charge on any atom is -0.465 e. The zero-order valence-corrected chi connectivity index (χ0v) is 25.9. The van der Waals surface area contributed by atoms with Crippen molar-refractivity contribution in [3.63, 3.8) is 0 Å². The van der Waals surface area contributed by atoms with Crippen LogP contribution >= 0.6 is 0 Å². The van der Waals surface area contributed by atoms with Gasteiger partial charge in [0.1, 0.15) is 0 Å². The van der Waals surface area contributed by atoms with Gasteiger partial charge in [-0.3, -0.25) is 0 Å². The van der Waals surface area contributed by atoms with E-state index in [4.69, 9.17) is 14.6 Å². The maximum absolute atomic E-state index is 14.1. The van der Waals surface area contributed by atoms with Crippen LogP contribution in [-0.2, 0) is 16.0 Å². The van der Waals surface area contributed by atoms with E-state index in [0.717, 1.165) is 27.5 Å². The van der Waals surface area contributed by atoms with E-state index in [9.17, 15) is 9.59 Å². The van der Waals surface area contributed by atoms with Crippen molar-refractivity contribution in [1.29, 1.82) is 0 Å². The maximum atomic E-state index is 14.1. The summed E-state index contributed by atoms with van der Waals surface area (Å²) in [5.74, 6) is 0. The van der Waals surface area contributed by atoms with Gasteiger partial charge in [-0.1, -0.05) is 87.5 Å². The lowest BCUT2D eigenvalue weighted by Crippen LogP contribution is -2.51. The van der Waals surface area contributed by atoms with Crippen molar-refractivity contribution in [2.24, 2.45) is 5.41 Å². The lowest BCUT2D eigenvalue weighted by molar-refractivity contribution is -0.140. The summed E-state index contributed by atoms with van der Waals surface area (Å²) in [6.07, 6.45) is -0.216. The van der Waals surface area contributed by atoms with Crippen molar-refractivity contribution in [3.05, 3.63) is 83.4 Å². The van der Waals surface area contributed by atoms with E-state index in [1.807, 2.05) is 68.1 Å². The number of nitrogens with one attached hydrogen (secondary N) is 2. The molecule has 42 heavy (non-hydrogen) atoms. The molecule has 0 bridgehead atoms. The second kappa shape index (κ2) is 15.6. The third kappa shape index (κ3) is 9.19. The van der Waals surface area contributed by atoms with E-state index < -0.39 is 12.4 Å². The van der Waals surface area contributed by atoms with Crippen molar-refractivity contribution in [3.8, 4) is 0 Å². The fourth-order valence-corrected chi connectivity index (χ4v) is 5.36. The van der Waals surface area contributed by atoms with E-state index in [1.54, 1.807) is 0 Å². The van der Waals surface area contributed by atoms with Crippen LogP contribution in [0.3, 0.4) is 0 Å². The average molecular weight is 578 g/mol. The van der Waals surface area contributed by atoms with Crippen LogP contribution in [0.1, 0.15) is 83.4 Å².